The van der Waals surface area contributed by atoms with Crippen LogP contribution in [0.3, 0.4) is 0 Å². The number of hydrogen-bond acceptors (Lipinski definition) is 6. The summed E-state index contributed by atoms with van der Waals surface area (Å²) in [4.78, 5) is 42.6. The van der Waals surface area contributed by atoms with E-state index in [1.165, 1.54) is 0 Å². The summed E-state index contributed by atoms with van der Waals surface area (Å²) < 4.78 is 0. The van der Waals surface area contributed by atoms with Gasteiger partial charge in [-0.2, -0.15) is 0 Å². The molecule has 0 aromatic rings. The largest absolute Gasteiger partial charge is 0.298 e. The fourth-order valence-electron chi connectivity index (χ4n) is 0.854. The van der Waals surface area contributed by atoms with E-state index < -0.39 is 0 Å². The summed E-state index contributed by atoms with van der Waals surface area (Å²) in [5.41, 5.74) is -0.0262. The van der Waals surface area contributed by atoms with Gasteiger partial charge < -0.3 is 0 Å². The van der Waals surface area contributed by atoms with Crippen LogP contribution in [0.25, 0.3) is 0 Å². The maximum absolute atomic E-state index is 10.6. The van der Waals surface area contributed by atoms with Crippen LogP contribution in [0.1, 0.15) is 0 Å². The second kappa shape index (κ2) is 4.92. The third-order valence-electron chi connectivity index (χ3n) is 1.49. The number of carbonyl (C=O) groups excluding carboxylic acids is 4. The third-order valence-corrected chi connectivity index (χ3v) is 3.89. The van der Waals surface area contributed by atoms with E-state index in [0.29, 0.717) is 25.1 Å². The molecule has 0 radical (unpaired) electrons. The normalized spacial score (nSPS) is 16.6. The minimum atomic E-state index is -0.0131. The number of hydrogen-bond donors (Lipinski definition) is 0. The highest BCUT2D eigenvalue weighted by atomic mass is 33.1. The van der Waals surface area contributed by atoms with E-state index in [0.717, 1.165) is 21.6 Å². The minimum absolute atomic E-state index is 0.0131. The number of rotatable bonds is 4. The van der Waals surface area contributed by atoms with Crippen LogP contribution in [0.4, 0.5) is 0 Å². The first-order chi connectivity index (χ1) is 6.78. The molecule has 0 fully saturated rings. The Kier molecular flexibility index (Phi) is 3.84. The van der Waals surface area contributed by atoms with Crippen LogP contribution in [0.2, 0.25) is 0 Å². The fraction of sp³-hybridized carbons (Fsp3) is 0. The Morgan fingerprint density at radius 2 is 1.00 bits per heavy atom. The Hall–Kier alpha value is -1.14. The summed E-state index contributed by atoms with van der Waals surface area (Å²) in [7, 11) is 1.99. The topological polar surface area (TPSA) is 68.3 Å². The number of aldehydes is 4. The van der Waals surface area contributed by atoms with Gasteiger partial charge in [0.15, 0.2) is 25.1 Å². The van der Waals surface area contributed by atoms with Gasteiger partial charge >= 0.3 is 0 Å². The molecule has 1 heterocycles. The van der Waals surface area contributed by atoms with Gasteiger partial charge in [0.05, 0.1) is 9.81 Å². The quantitative estimate of drug-likeness (QED) is 0.520. The van der Waals surface area contributed by atoms with Gasteiger partial charge in [-0.1, -0.05) is 0 Å². The van der Waals surface area contributed by atoms with Crippen molar-refractivity contribution in [3.63, 3.8) is 0 Å². The van der Waals surface area contributed by atoms with E-state index in [9.17, 15) is 19.2 Å². The van der Waals surface area contributed by atoms with Crippen LogP contribution in [-0.4, -0.2) is 25.1 Å². The molecule has 1 rings (SSSR count). The highest BCUT2D eigenvalue weighted by Gasteiger charge is 2.21. The van der Waals surface area contributed by atoms with Crippen molar-refractivity contribution in [2.24, 2.45) is 0 Å². The summed E-state index contributed by atoms with van der Waals surface area (Å²) in [5, 5.41) is 0. The summed E-state index contributed by atoms with van der Waals surface area (Å²) in [6.45, 7) is 0. The third kappa shape index (κ3) is 1.85. The van der Waals surface area contributed by atoms with E-state index >= 15 is 0 Å². The molecule has 6 heteroatoms. The van der Waals surface area contributed by atoms with Crippen molar-refractivity contribution in [1.29, 1.82) is 0 Å². The van der Waals surface area contributed by atoms with Crippen molar-refractivity contribution in [2.45, 2.75) is 0 Å². The maximum Gasteiger partial charge on any atom is 0.158 e. The smallest absolute Gasteiger partial charge is 0.158 e. The van der Waals surface area contributed by atoms with Gasteiger partial charge in [-0.15, -0.1) is 0 Å². The van der Waals surface area contributed by atoms with E-state index in [1.54, 1.807) is 0 Å². The molecule has 0 saturated carbocycles. The molecule has 0 aliphatic carbocycles. The number of carbonyl (C=O) groups is 4. The lowest BCUT2D eigenvalue weighted by atomic mass is 10.1. The number of allylic oxidation sites excluding steroid dienone is 4. The van der Waals surface area contributed by atoms with Gasteiger partial charge in [0, 0.05) is 11.1 Å². The Morgan fingerprint density at radius 1 is 0.643 bits per heavy atom. The van der Waals surface area contributed by atoms with Crippen LogP contribution >= 0.6 is 21.6 Å². The molecular formula is C8H4O4S2. The van der Waals surface area contributed by atoms with Crippen molar-refractivity contribution < 1.29 is 19.2 Å². The molecule has 1 aliphatic heterocycles. The van der Waals surface area contributed by atoms with Crippen molar-refractivity contribution >= 4 is 46.7 Å². The lowest BCUT2D eigenvalue weighted by Crippen LogP contribution is -2.04. The molecule has 0 bridgehead atoms. The lowest BCUT2D eigenvalue weighted by Gasteiger charge is -2.12. The standard InChI is InChI=1S/C8H4O4S2/c9-1-5-6(2-10)8(4-12)14-13-7(5)3-11/h1-4H. The van der Waals surface area contributed by atoms with E-state index in [4.69, 9.17) is 0 Å². The minimum Gasteiger partial charge on any atom is -0.298 e. The Morgan fingerprint density at radius 3 is 1.21 bits per heavy atom. The fourth-order valence-corrected chi connectivity index (χ4v) is 2.92. The Labute approximate surface area is 87.2 Å². The first kappa shape index (κ1) is 10.9. The van der Waals surface area contributed by atoms with Crippen LogP contribution in [-0.2, 0) is 19.2 Å². The van der Waals surface area contributed by atoms with Gasteiger partial charge in [0.25, 0.3) is 0 Å². The molecule has 72 valence electrons. The molecule has 0 atom stereocenters. The van der Waals surface area contributed by atoms with E-state index in [-0.39, 0.29) is 21.0 Å². The Balaban J connectivity index is 3.34. The first-order valence-corrected chi connectivity index (χ1v) is 5.57. The molecule has 0 N–H and O–H groups in total. The van der Waals surface area contributed by atoms with Gasteiger partial charge in [-0.3, -0.25) is 19.2 Å². The lowest BCUT2D eigenvalue weighted by molar-refractivity contribution is -0.108. The highest BCUT2D eigenvalue weighted by molar-refractivity contribution is 8.80. The summed E-state index contributed by atoms with van der Waals surface area (Å²) in [6, 6.07) is 0. The zero-order valence-electron chi connectivity index (χ0n) is 6.76. The van der Waals surface area contributed by atoms with Crippen molar-refractivity contribution in [3.05, 3.63) is 21.0 Å². The van der Waals surface area contributed by atoms with E-state index in [1.807, 2.05) is 0 Å². The van der Waals surface area contributed by atoms with Gasteiger partial charge in [-0.05, 0) is 21.6 Å². The van der Waals surface area contributed by atoms with Crippen LogP contribution in [0.15, 0.2) is 21.0 Å². The molecule has 0 saturated heterocycles. The van der Waals surface area contributed by atoms with Gasteiger partial charge in [0.2, 0.25) is 0 Å². The van der Waals surface area contributed by atoms with Crippen molar-refractivity contribution in [3.8, 4) is 0 Å². The molecule has 0 amide bonds. The van der Waals surface area contributed by atoms with Crippen LogP contribution < -0.4 is 0 Å². The molecule has 0 spiro atoms. The maximum atomic E-state index is 10.6. The van der Waals surface area contributed by atoms with Gasteiger partial charge in [-0.25, -0.2) is 0 Å². The SMILES string of the molecule is O=CC1=C(C=O)C(C=O)=C(C=O)SS1. The summed E-state index contributed by atoms with van der Waals surface area (Å²) in [6.07, 6.45) is 1.80. The molecule has 14 heavy (non-hydrogen) atoms. The predicted octanol–water partition coefficient (Wildman–Crippen LogP) is 0.685. The molecule has 0 aromatic carbocycles. The van der Waals surface area contributed by atoms with Crippen LogP contribution in [0.5, 0.6) is 0 Å². The van der Waals surface area contributed by atoms with Crippen molar-refractivity contribution in [1.82, 2.24) is 0 Å². The molecule has 4 nitrogen and oxygen atoms in total. The molecular weight excluding hydrogens is 224 g/mol. The average Bonchev–Trinajstić information content (AvgIpc) is 2.26. The van der Waals surface area contributed by atoms with E-state index in [2.05, 4.69) is 0 Å². The summed E-state index contributed by atoms with van der Waals surface area (Å²) >= 11 is 0. The second-order valence-electron chi connectivity index (χ2n) is 2.19. The average molecular weight is 228 g/mol. The monoisotopic (exact) mass is 228 g/mol. The molecule has 0 unspecified atom stereocenters. The zero-order chi connectivity index (χ0) is 10.6. The second-order valence-corrected chi connectivity index (χ2v) is 4.41. The summed E-state index contributed by atoms with van der Waals surface area (Å²) in [5.74, 6) is 0. The van der Waals surface area contributed by atoms with Crippen molar-refractivity contribution in [2.75, 3.05) is 0 Å². The predicted molar refractivity (Wildman–Crippen MR) is 53.5 cm³/mol. The molecule has 0 aromatic heterocycles. The zero-order valence-corrected chi connectivity index (χ0v) is 8.39. The van der Waals surface area contributed by atoms with Crippen LogP contribution in [0, 0.1) is 0 Å². The van der Waals surface area contributed by atoms with Gasteiger partial charge in [0.1, 0.15) is 0 Å². The first-order valence-electron chi connectivity index (χ1n) is 3.42. The molecule has 1 aliphatic rings. The Bertz CT molecular complexity index is 332. The highest BCUT2D eigenvalue weighted by Crippen LogP contribution is 2.43.